The van der Waals surface area contributed by atoms with Crippen molar-refractivity contribution >= 4 is 9.84 Å². The second kappa shape index (κ2) is 5.06. The lowest BCUT2D eigenvalue weighted by molar-refractivity contribution is -0.358. The summed E-state index contributed by atoms with van der Waals surface area (Å²) in [5.74, 6) is -21.8. The summed E-state index contributed by atoms with van der Waals surface area (Å²) in [4.78, 5) is 0. The van der Waals surface area contributed by atoms with Gasteiger partial charge in [0.2, 0.25) is 0 Å². The molecule has 0 bridgehead atoms. The van der Waals surface area contributed by atoms with E-state index in [-0.39, 0.29) is 0 Å². The molecule has 0 aromatic rings. The van der Waals surface area contributed by atoms with Crippen molar-refractivity contribution in [2.45, 2.75) is 41.6 Å². The lowest BCUT2D eigenvalue weighted by Crippen LogP contribution is -2.67. The SMILES string of the molecule is CC(F)C(F)(F)C(F)(F)C(F)(F)C(F)(F)S(=O)(=O)C(F)(F)F. The van der Waals surface area contributed by atoms with Gasteiger partial charge in [0, 0.05) is 0 Å². The van der Waals surface area contributed by atoms with Crippen LogP contribution in [-0.2, 0) is 9.84 Å². The fourth-order valence-corrected chi connectivity index (χ4v) is 1.71. The van der Waals surface area contributed by atoms with Gasteiger partial charge in [0.05, 0.1) is 0 Å². The average molecular weight is 380 g/mol. The highest BCUT2D eigenvalue weighted by molar-refractivity contribution is 7.93. The van der Waals surface area contributed by atoms with Gasteiger partial charge in [0.15, 0.2) is 6.17 Å². The molecule has 0 aliphatic rings. The first-order chi connectivity index (χ1) is 9.19. The number of alkyl halides is 12. The Morgan fingerprint density at radius 3 is 1.27 bits per heavy atom. The van der Waals surface area contributed by atoms with Crippen LogP contribution in [0.4, 0.5) is 52.7 Å². The van der Waals surface area contributed by atoms with Gasteiger partial charge in [-0.3, -0.25) is 0 Å². The van der Waals surface area contributed by atoms with Gasteiger partial charge < -0.3 is 0 Å². The number of hydrogen-bond acceptors (Lipinski definition) is 2. The van der Waals surface area contributed by atoms with E-state index in [4.69, 9.17) is 0 Å². The van der Waals surface area contributed by atoms with Crippen molar-refractivity contribution in [3.8, 4) is 0 Å². The second-order valence-electron chi connectivity index (χ2n) is 3.85. The predicted octanol–water partition coefficient (Wildman–Crippen LogP) is 3.78. The monoisotopic (exact) mass is 380 g/mol. The van der Waals surface area contributed by atoms with E-state index in [9.17, 15) is 61.1 Å². The Kier molecular flexibility index (Phi) is 4.85. The fraction of sp³-hybridized carbons (Fsp3) is 1.00. The summed E-state index contributed by atoms with van der Waals surface area (Å²) < 4.78 is 170. The average Bonchev–Trinajstić information content (AvgIpc) is 2.25. The molecule has 0 N–H and O–H groups in total. The first-order valence-corrected chi connectivity index (χ1v) is 6.14. The largest absolute Gasteiger partial charge is 0.503 e. The summed E-state index contributed by atoms with van der Waals surface area (Å²) >= 11 is 0. The molecule has 0 amide bonds. The van der Waals surface area contributed by atoms with Crippen LogP contribution in [0.25, 0.3) is 0 Å². The van der Waals surface area contributed by atoms with Crippen molar-refractivity contribution in [1.29, 1.82) is 0 Å². The molecule has 0 aromatic carbocycles. The maximum absolute atomic E-state index is 12.8. The molecule has 1 unspecified atom stereocenters. The first kappa shape index (κ1) is 21.1. The summed E-state index contributed by atoms with van der Waals surface area (Å²) in [6.45, 7) is -0.472. The molecule has 0 spiro atoms. The Hall–Kier alpha value is -0.890. The minimum Gasteiger partial charge on any atom is -0.241 e. The molecule has 0 radical (unpaired) electrons. The van der Waals surface area contributed by atoms with E-state index in [0.29, 0.717) is 0 Å². The lowest BCUT2D eigenvalue weighted by atomic mass is 10.0. The van der Waals surface area contributed by atoms with Crippen LogP contribution in [0.2, 0.25) is 0 Å². The zero-order chi connectivity index (χ0) is 18.6. The zero-order valence-electron chi connectivity index (χ0n) is 9.84. The molecule has 1 atom stereocenters. The summed E-state index contributed by atoms with van der Waals surface area (Å²) in [6, 6.07) is 0. The molecule has 15 heteroatoms. The first-order valence-electron chi connectivity index (χ1n) is 4.65. The van der Waals surface area contributed by atoms with Gasteiger partial charge in [-0.2, -0.15) is 48.3 Å². The van der Waals surface area contributed by atoms with Gasteiger partial charge in [-0.25, -0.2) is 12.8 Å². The number of rotatable bonds is 5. The van der Waals surface area contributed by atoms with E-state index < -0.39 is 51.5 Å². The van der Waals surface area contributed by atoms with Gasteiger partial charge in [-0.1, -0.05) is 0 Å². The summed E-state index contributed by atoms with van der Waals surface area (Å²) in [7, 11) is -8.32. The Labute approximate surface area is 114 Å². The van der Waals surface area contributed by atoms with E-state index in [2.05, 4.69) is 0 Å². The topological polar surface area (TPSA) is 34.1 Å². The van der Waals surface area contributed by atoms with Crippen LogP contribution in [0, 0.1) is 0 Å². The smallest absolute Gasteiger partial charge is 0.241 e. The molecule has 0 rings (SSSR count). The van der Waals surface area contributed by atoms with Gasteiger partial charge >= 0.3 is 38.4 Å². The third kappa shape index (κ3) is 2.50. The van der Waals surface area contributed by atoms with Crippen molar-refractivity contribution in [1.82, 2.24) is 0 Å². The molecule has 0 aliphatic carbocycles. The standard InChI is InChI=1S/C7H4F12O2S/c1-2(8)3(9,10)4(11,12)5(13,14)6(15,16)22(20,21)7(17,18)19/h2H,1H3. The Morgan fingerprint density at radius 1 is 0.727 bits per heavy atom. The third-order valence-electron chi connectivity index (χ3n) is 2.32. The molecule has 0 aromatic heterocycles. The van der Waals surface area contributed by atoms with E-state index in [0.717, 1.165) is 0 Å². The number of sulfone groups is 1. The highest BCUT2D eigenvalue weighted by Crippen LogP contribution is 2.57. The highest BCUT2D eigenvalue weighted by Gasteiger charge is 2.87. The molecule has 22 heavy (non-hydrogen) atoms. The van der Waals surface area contributed by atoms with Crippen LogP contribution in [0.15, 0.2) is 0 Å². The quantitative estimate of drug-likeness (QED) is 0.681. The molecule has 0 saturated carbocycles. The van der Waals surface area contributed by atoms with Gasteiger partial charge in [-0.15, -0.1) is 0 Å². The molecule has 0 saturated heterocycles. The summed E-state index contributed by atoms with van der Waals surface area (Å²) in [5, 5.41) is -7.68. The molecular formula is C7H4F12O2S. The van der Waals surface area contributed by atoms with Crippen LogP contribution < -0.4 is 0 Å². The minimum atomic E-state index is -8.32. The zero-order valence-corrected chi connectivity index (χ0v) is 10.7. The van der Waals surface area contributed by atoms with Gasteiger partial charge in [0.25, 0.3) is 0 Å². The third-order valence-corrected chi connectivity index (χ3v) is 3.86. The molecule has 0 aliphatic heterocycles. The van der Waals surface area contributed by atoms with Gasteiger partial charge in [0.1, 0.15) is 0 Å². The summed E-state index contributed by atoms with van der Waals surface area (Å²) in [5.41, 5.74) is -7.16. The van der Waals surface area contributed by atoms with E-state index >= 15 is 0 Å². The Balaban J connectivity index is 6.37. The normalized spacial score (nSPS) is 17.5. The second-order valence-corrected chi connectivity index (χ2v) is 5.84. The number of hydrogen-bond donors (Lipinski definition) is 0. The predicted molar refractivity (Wildman–Crippen MR) is 45.3 cm³/mol. The van der Waals surface area contributed by atoms with Gasteiger partial charge in [-0.05, 0) is 6.92 Å². The lowest BCUT2D eigenvalue weighted by Gasteiger charge is -2.36. The van der Waals surface area contributed by atoms with Crippen molar-refractivity contribution < 1.29 is 61.1 Å². The number of halogens is 12. The molecule has 134 valence electrons. The maximum Gasteiger partial charge on any atom is 0.503 e. The molecule has 2 nitrogen and oxygen atoms in total. The minimum absolute atomic E-state index is 0.472. The van der Waals surface area contributed by atoms with Crippen LogP contribution >= 0.6 is 0 Å². The van der Waals surface area contributed by atoms with E-state index in [1.807, 2.05) is 0 Å². The van der Waals surface area contributed by atoms with E-state index in [1.165, 1.54) is 0 Å². The van der Waals surface area contributed by atoms with Crippen molar-refractivity contribution in [3.05, 3.63) is 0 Å². The molecule has 0 heterocycles. The maximum atomic E-state index is 12.8. The molecule has 0 fully saturated rings. The molecular weight excluding hydrogens is 376 g/mol. The fourth-order valence-electron chi connectivity index (χ4n) is 0.956. The summed E-state index contributed by atoms with van der Waals surface area (Å²) in [6.07, 6.45) is -4.21. The van der Waals surface area contributed by atoms with Crippen LogP contribution in [0.5, 0.6) is 0 Å². The van der Waals surface area contributed by atoms with Crippen molar-refractivity contribution in [2.75, 3.05) is 0 Å². The Bertz CT molecular complexity index is 516. The Morgan fingerprint density at radius 2 is 1.05 bits per heavy atom. The van der Waals surface area contributed by atoms with Crippen molar-refractivity contribution in [2.24, 2.45) is 0 Å². The van der Waals surface area contributed by atoms with Crippen LogP contribution in [0.1, 0.15) is 6.92 Å². The highest BCUT2D eigenvalue weighted by atomic mass is 32.2. The van der Waals surface area contributed by atoms with E-state index in [1.54, 1.807) is 0 Å². The van der Waals surface area contributed by atoms with Crippen LogP contribution in [-0.4, -0.2) is 43.1 Å². The van der Waals surface area contributed by atoms with Crippen LogP contribution in [0.3, 0.4) is 0 Å². The van der Waals surface area contributed by atoms with Crippen molar-refractivity contribution in [3.63, 3.8) is 0 Å².